The molecular weight excluding hydrogens is 203 g/mol. The van der Waals surface area contributed by atoms with Crippen molar-refractivity contribution < 1.29 is 4.89 Å². The topological polar surface area (TPSA) is 20.2 Å². The van der Waals surface area contributed by atoms with Gasteiger partial charge in [0.1, 0.15) is 10.6 Å². The molecular formula is C13H14OP+. The summed E-state index contributed by atoms with van der Waals surface area (Å²) in [5.74, 6) is 0. The van der Waals surface area contributed by atoms with Crippen LogP contribution in [0.15, 0.2) is 60.7 Å². The summed E-state index contributed by atoms with van der Waals surface area (Å²) in [6, 6.07) is 19.7. The molecule has 0 amide bonds. The van der Waals surface area contributed by atoms with Crippen molar-refractivity contribution in [2.75, 3.05) is 6.66 Å². The molecule has 0 bridgehead atoms. The van der Waals surface area contributed by atoms with Crippen LogP contribution in [0.25, 0.3) is 0 Å². The second-order valence-corrected chi connectivity index (χ2v) is 6.58. The predicted octanol–water partition coefficient (Wildman–Crippen LogP) is 2.19. The van der Waals surface area contributed by atoms with Crippen molar-refractivity contribution in [1.82, 2.24) is 0 Å². The minimum Gasteiger partial charge on any atom is -0.241 e. The van der Waals surface area contributed by atoms with E-state index in [1.807, 2.05) is 67.3 Å². The average molecular weight is 217 g/mol. The highest BCUT2D eigenvalue weighted by atomic mass is 31.2. The minimum absolute atomic E-state index is 1.02. The molecule has 2 rings (SSSR count). The first-order valence-corrected chi connectivity index (χ1v) is 7.10. The maximum atomic E-state index is 10.6. The van der Waals surface area contributed by atoms with E-state index in [0.29, 0.717) is 0 Å². The molecule has 0 heterocycles. The Morgan fingerprint density at radius 3 is 1.40 bits per heavy atom. The first-order valence-electron chi connectivity index (χ1n) is 4.92. The Morgan fingerprint density at radius 2 is 1.07 bits per heavy atom. The molecule has 0 fully saturated rings. The zero-order valence-electron chi connectivity index (χ0n) is 8.67. The molecule has 0 saturated carbocycles. The van der Waals surface area contributed by atoms with Crippen molar-refractivity contribution in [2.45, 2.75) is 0 Å². The molecule has 2 aromatic rings. The molecule has 2 aromatic carbocycles. The van der Waals surface area contributed by atoms with Gasteiger partial charge in [0.2, 0.25) is 7.49 Å². The molecule has 0 aliphatic rings. The molecule has 0 aromatic heterocycles. The Hall–Kier alpha value is -1.17. The SMILES string of the molecule is C[P+](O)(c1ccccc1)c1ccccc1. The van der Waals surface area contributed by atoms with Gasteiger partial charge in [0.05, 0.1) is 6.66 Å². The third-order valence-electron chi connectivity index (χ3n) is 2.52. The van der Waals surface area contributed by atoms with Crippen LogP contribution in [0.5, 0.6) is 0 Å². The van der Waals surface area contributed by atoms with Gasteiger partial charge < -0.3 is 0 Å². The lowest BCUT2D eigenvalue weighted by Gasteiger charge is -2.14. The van der Waals surface area contributed by atoms with Crippen molar-refractivity contribution in [3.8, 4) is 0 Å². The van der Waals surface area contributed by atoms with Crippen LogP contribution in [-0.4, -0.2) is 11.6 Å². The smallest absolute Gasteiger partial charge is 0.203 e. The summed E-state index contributed by atoms with van der Waals surface area (Å²) >= 11 is 0. The normalized spacial score (nSPS) is 11.3. The first kappa shape index (κ1) is 10.4. The van der Waals surface area contributed by atoms with Crippen molar-refractivity contribution in [3.63, 3.8) is 0 Å². The second-order valence-electron chi connectivity index (χ2n) is 3.63. The Balaban J connectivity index is 2.44. The van der Waals surface area contributed by atoms with E-state index in [-0.39, 0.29) is 0 Å². The minimum atomic E-state index is -2.15. The van der Waals surface area contributed by atoms with E-state index in [2.05, 4.69) is 0 Å². The number of hydrogen-bond acceptors (Lipinski definition) is 1. The fourth-order valence-corrected chi connectivity index (χ4v) is 3.39. The summed E-state index contributed by atoms with van der Waals surface area (Å²) in [5.41, 5.74) is 0. The van der Waals surface area contributed by atoms with Crippen molar-refractivity contribution in [2.24, 2.45) is 0 Å². The lowest BCUT2D eigenvalue weighted by molar-refractivity contribution is 0.629. The van der Waals surface area contributed by atoms with Gasteiger partial charge in [-0.05, 0) is 24.3 Å². The zero-order valence-corrected chi connectivity index (χ0v) is 9.56. The van der Waals surface area contributed by atoms with Gasteiger partial charge in [0.25, 0.3) is 0 Å². The molecule has 0 aliphatic heterocycles. The third kappa shape index (κ3) is 2.09. The van der Waals surface area contributed by atoms with Gasteiger partial charge in [-0.15, -0.1) is 0 Å². The van der Waals surface area contributed by atoms with Crippen LogP contribution in [0.1, 0.15) is 0 Å². The number of hydrogen-bond donors (Lipinski definition) is 1. The number of rotatable bonds is 2. The molecule has 0 radical (unpaired) electrons. The molecule has 15 heavy (non-hydrogen) atoms. The van der Waals surface area contributed by atoms with Gasteiger partial charge in [-0.2, -0.15) is 0 Å². The van der Waals surface area contributed by atoms with E-state index in [4.69, 9.17) is 0 Å². The van der Waals surface area contributed by atoms with Gasteiger partial charge in [0, 0.05) is 0 Å². The first-order chi connectivity index (χ1) is 7.21. The molecule has 2 heteroatoms. The third-order valence-corrected chi connectivity index (χ3v) is 5.13. The molecule has 1 nitrogen and oxygen atoms in total. The maximum absolute atomic E-state index is 10.6. The summed E-state index contributed by atoms with van der Waals surface area (Å²) in [7, 11) is -2.15. The van der Waals surface area contributed by atoms with E-state index >= 15 is 0 Å². The van der Waals surface area contributed by atoms with E-state index in [1.165, 1.54) is 0 Å². The summed E-state index contributed by atoms with van der Waals surface area (Å²) in [5, 5.41) is 2.05. The van der Waals surface area contributed by atoms with Gasteiger partial charge in [-0.1, -0.05) is 36.4 Å². The van der Waals surface area contributed by atoms with Crippen LogP contribution >= 0.6 is 7.49 Å². The van der Waals surface area contributed by atoms with Crippen LogP contribution in [0.3, 0.4) is 0 Å². The molecule has 0 spiro atoms. The molecule has 0 saturated heterocycles. The quantitative estimate of drug-likeness (QED) is 0.764. The van der Waals surface area contributed by atoms with E-state index in [9.17, 15) is 4.89 Å². The maximum Gasteiger partial charge on any atom is 0.203 e. The van der Waals surface area contributed by atoms with Gasteiger partial charge >= 0.3 is 0 Å². The Kier molecular flexibility index (Phi) is 2.86. The summed E-state index contributed by atoms with van der Waals surface area (Å²) < 4.78 is 0. The van der Waals surface area contributed by atoms with Crippen molar-refractivity contribution >= 4 is 18.1 Å². The second kappa shape index (κ2) is 4.14. The van der Waals surface area contributed by atoms with Crippen LogP contribution in [-0.2, 0) is 0 Å². The van der Waals surface area contributed by atoms with Gasteiger partial charge in [0.15, 0.2) is 0 Å². The summed E-state index contributed by atoms with van der Waals surface area (Å²) in [6.07, 6.45) is 0. The monoisotopic (exact) mass is 217 g/mol. The zero-order chi connectivity index (χ0) is 10.7. The fraction of sp³-hybridized carbons (Fsp3) is 0.0769. The largest absolute Gasteiger partial charge is 0.241 e. The van der Waals surface area contributed by atoms with Crippen LogP contribution in [0, 0.1) is 0 Å². The Morgan fingerprint density at radius 1 is 0.733 bits per heavy atom. The molecule has 0 aliphatic carbocycles. The highest BCUT2D eigenvalue weighted by molar-refractivity contribution is 7.83. The van der Waals surface area contributed by atoms with E-state index < -0.39 is 7.49 Å². The van der Waals surface area contributed by atoms with Crippen LogP contribution < -0.4 is 10.6 Å². The van der Waals surface area contributed by atoms with Crippen molar-refractivity contribution in [1.29, 1.82) is 0 Å². The summed E-state index contributed by atoms with van der Waals surface area (Å²) in [4.78, 5) is 10.6. The van der Waals surface area contributed by atoms with Crippen LogP contribution in [0.2, 0.25) is 0 Å². The van der Waals surface area contributed by atoms with Gasteiger partial charge in [-0.3, -0.25) is 0 Å². The van der Waals surface area contributed by atoms with E-state index in [0.717, 1.165) is 10.6 Å². The predicted molar refractivity (Wildman–Crippen MR) is 67.2 cm³/mol. The van der Waals surface area contributed by atoms with E-state index in [1.54, 1.807) is 0 Å². The highest BCUT2D eigenvalue weighted by Crippen LogP contribution is 2.47. The molecule has 1 N–H and O–H groups in total. The van der Waals surface area contributed by atoms with Crippen LogP contribution in [0.4, 0.5) is 0 Å². The molecule has 76 valence electrons. The Labute approximate surface area is 90.8 Å². The number of benzene rings is 2. The van der Waals surface area contributed by atoms with Crippen molar-refractivity contribution in [3.05, 3.63) is 60.7 Å². The summed E-state index contributed by atoms with van der Waals surface area (Å²) in [6.45, 7) is 1.93. The average Bonchev–Trinajstić information content (AvgIpc) is 2.31. The van der Waals surface area contributed by atoms with Gasteiger partial charge in [-0.25, -0.2) is 4.89 Å². The Bertz CT molecular complexity index is 381. The lowest BCUT2D eigenvalue weighted by atomic mass is 10.4. The molecule has 0 atom stereocenters. The highest BCUT2D eigenvalue weighted by Gasteiger charge is 2.34. The molecule has 0 unspecified atom stereocenters. The fourth-order valence-electron chi connectivity index (χ4n) is 1.59. The lowest BCUT2D eigenvalue weighted by Crippen LogP contribution is -2.20. The standard InChI is InChI=1S/C13H14OP/c1-15(14,12-8-4-2-5-9-12)13-10-6-3-7-11-13/h2-11,14H,1H3/q+1.